The van der Waals surface area contributed by atoms with Gasteiger partial charge in [0.25, 0.3) is 0 Å². The molecular formula is C26H36F3NO4. The van der Waals surface area contributed by atoms with Crippen molar-refractivity contribution in [3.05, 3.63) is 59.7 Å². The molecule has 8 heteroatoms. The molecule has 0 aromatic heterocycles. The van der Waals surface area contributed by atoms with Gasteiger partial charge in [-0.15, -0.1) is 0 Å². The highest BCUT2D eigenvalue weighted by Gasteiger charge is 2.39. The van der Waals surface area contributed by atoms with Gasteiger partial charge in [-0.1, -0.05) is 42.5 Å². The van der Waals surface area contributed by atoms with Crippen LogP contribution in [-0.2, 0) is 17.4 Å². The van der Waals surface area contributed by atoms with E-state index >= 15 is 0 Å². The summed E-state index contributed by atoms with van der Waals surface area (Å²) in [5, 5.41) is 33.7. The third kappa shape index (κ3) is 9.24. The molecule has 34 heavy (non-hydrogen) atoms. The molecule has 1 aliphatic rings. The fourth-order valence-corrected chi connectivity index (χ4v) is 4.31. The number of amides is 1. The number of carbonyl (C=O) groups is 1. The highest BCUT2D eigenvalue weighted by molar-refractivity contribution is 5.75. The molecule has 1 amide bonds. The maximum atomic E-state index is 12.8. The first-order valence-electron chi connectivity index (χ1n) is 11.9. The molecule has 0 spiro atoms. The zero-order valence-electron chi connectivity index (χ0n) is 19.5. The van der Waals surface area contributed by atoms with E-state index in [1.165, 1.54) is 6.07 Å². The average molecular weight is 484 g/mol. The van der Waals surface area contributed by atoms with Crippen molar-refractivity contribution >= 4 is 5.91 Å². The first kappa shape index (κ1) is 28.1. The van der Waals surface area contributed by atoms with Crippen molar-refractivity contribution < 1.29 is 33.3 Å². The van der Waals surface area contributed by atoms with Gasteiger partial charge in [0.1, 0.15) is 0 Å². The van der Waals surface area contributed by atoms with E-state index in [4.69, 9.17) is 0 Å². The number of halogens is 3. The quantitative estimate of drug-likeness (QED) is 0.265. The minimum Gasteiger partial charge on any atom is -0.393 e. The zero-order valence-corrected chi connectivity index (χ0v) is 19.5. The van der Waals surface area contributed by atoms with Gasteiger partial charge in [-0.3, -0.25) is 4.79 Å². The molecule has 190 valence electrons. The van der Waals surface area contributed by atoms with Gasteiger partial charge in [-0.2, -0.15) is 13.2 Å². The van der Waals surface area contributed by atoms with Crippen molar-refractivity contribution in [2.75, 3.05) is 6.54 Å². The molecule has 1 saturated carbocycles. The molecule has 1 aromatic carbocycles. The molecule has 0 aliphatic heterocycles. The molecule has 2 rings (SSSR count). The highest BCUT2D eigenvalue weighted by atomic mass is 19.4. The number of aliphatic hydroxyl groups is 3. The summed E-state index contributed by atoms with van der Waals surface area (Å²) in [6, 6.07) is 5.06. The molecule has 1 aliphatic carbocycles. The Morgan fingerprint density at radius 2 is 2.00 bits per heavy atom. The Labute approximate surface area is 199 Å². The first-order valence-corrected chi connectivity index (χ1v) is 11.9. The van der Waals surface area contributed by atoms with Crippen LogP contribution in [-0.4, -0.2) is 46.1 Å². The van der Waals surface area contributed by atoms with Gasteiger partial charge < -0.3 is 20.6 Å². The number of carbonyl (C=O) groups excluding carboxylic acids is 1. The van der Waals surface area contributed by atoms with E-state index in [1.807, 2.05) is 19.1 Å². The zero-order chi connectivity index (χ0) is 25.1. The number of benzene rings is 1. The van der Waals surface area contributed by atoms with Crippen molar-refractivity contribution in [1.29, 1.82) is 0 Å². The normalized spacial score (nSPS) is 24.2. The van der Waals surface area contributed by atoms with Crippen LogP contribution in [0.15, 0.2) is 48.6 Å². The van der Waals surface area contributed by atoms with Crippen LogP contribution in [0.5, 0.6) is 0 Å². The van der Waals surface area contributed by atoms with E-state index in [0.717, 1.165) is 25.0 Å². The molecule has 4 N–H and O–H groups in total. The third-order valence-electron chi connectivity index (χ3n) is 6.18. The molecule has 1 fully saturated rings. The van der Waals surface area contributed by atoms with Crippen LogP contribution in [0, 0.1) is 11.8 Å². The Bertz CT molecular complexity index is 825. The Balaban J connectivity index is 1.84. The van der Waals surface area contributed by atoms with Crippen molar-refractivity contribution in [2.24, 2.45) is 11.8 Å². The topological polar surface area (TPSA) is 89.8 Å². The maximum Gasteiger partial charge on any atom is 0.416 e. The Hall–Kier alpha value is -2.16. The van der Waals surface area contributed by atoms with E-state index < -0.39 is 30.1 Å². The SMILES string of the molecule is CCNC(=O)CCC/C=C\C[C@H]1[C@@H](/C=C/[C@H](O)CCc2cccc(C(F)(F)F)c2)[C@H](O)C[C@@H]1O. The summed E-state index contributed by atoms with van der Waals surface area (Å²) >= 11 is 0. The van der Waals surface area contributed by atoms with Crippen LogP contribution in [0.25, 0.3) is 0 Å². The van der Waals surface area contributed by atoms with Gasteiger partial charge in [-0.25, -0.2) is 0 Å². The molecule has 5 atom stereocenters. The van der Waals surface area contributed by atoms with Crippen LogP contribution in [0.2, 0.25) is 0 Å². The van der Waals surface area contributed by atoms with Crippen LogP contribution >= 0.6 is 0 Å². The van der Waals surface area contributed by atoms with Crippen molar-refractivity contribution in [3.8, 4) is 0 Å². The van der Waals surface area contributed by atoms with Crippen molar-refractivity contribution in [3.63, 3.8) is 0 Å². The molecule has 5 nitrogen and oxygen atoms in total. The molecule has 0 heterocycles. The van der Waals surface area contributed by atoms with Gasteiger partial charge in [0.05, 0.1) is 23.9 Å². The summed E-state index contributed by atoms with van der Waals surface area (Å²) in [4.78, 5) is 11.4. The predicted molar refractivity (Wildman–Crippen MR) is 125 cm³/mol. The summed E-state index contributed by atoms with van der Waals surface area (Å²) in [7, 11) is 0. The van der Waals surface area contributed by atoms with E-state index in [9.17, 15) is 33.3 Å². The number of allylic oxidation sites excluding steroid dienone is 2. The van der Waals surface area contributed by atoms with Gasteiger partial charge >= 0.3 is 6.18 Å². The lowest BCUT2D eigenvalue weighted by atomic mass is 9.89. The minimum absolute atomic E-state index is 0.0297. The number of unbranched alkanes of at least 4 members (excludes halogenated alkanes) is 1. The molecular weight excluding hydrogens is 447 g/mol. The smallest absolute Gasteiger partial charge is 0.393 e. The average Bonchev–Trinajstić information content (AvgIpc) is 3.05. The van der Waals surface area contributed by atoms with E-state index in [2.05, 4.69) is 5.32 Å². The standard InChI is InChI=1S/C26H36F3NO4/c1-2-30-25(34)11-6-4-3-5-10-21-22(24(33)17-23(21)32)15-14-20(31)13-12-18-8-7-9-19(16-18)26(27,28)29/h3,5,7-9,14-16,20-24,31-33H,2,4,6,10-13,17H2,1H3,(H,30,34)/b5-3-,15-14+/t20-,21+,22-,23+,24-/m1/s1. The van der Waals surface area contributed by atoms with Gasteiger partial charge in [0.2, 0.25) is 5.91 Å². The minimum atomic E-state index is -4.40. The fraction of sp³-hybridized carbons (Fsp3) is 0.577. The number of hydrogen-bond donors (Lipinski definition) is 4. The summed E-state index contributed by atoms with van der Waals surface area (Å²) in [5.74, 6) is -0.484. The summed E-state index contributed by atoms with van der Waals surface area (Å²) in [6.07, 6.45) is 3.84. The predicted octanol–water partition coefficient (Wildman–Crippen LogP) is 4.17. The number of rotatable bonds is 12. The summed E-state index contributed by atoms with van der Waals surface area (Å²) in [5.41, 5.74) is -0.216. The van der Waals surface area contributed by atoms with E-state index in [-0.39, 0.29) is 37.0 Å². The van der Waals surface area contributed by atoms with Crippen LogP contribution in [0.4, 0.5) is 13.2 Å². The van der Waals surface area contributed by atoms with Gasteiger partial charge in [0.15, 0.2) is 0 Å². The van der Waals surface area contributed by atoms with Crippen molar-refractivity contribution in [1.82, 2.24) is 5.32 Å². The van der Waals surface area contributed by atoms with Crippen LogP contribution in [0.3, 0.4) is 0 Å². The van der Waals surface area contributed by atoms with Gasteiger partial charge in [-0.05, 0) is 56.6 Å². The second-order valence-electron chi connectivity index (χ2n) is 8.85. The lowest BCUT2D eigenvalue weighted by Crippen LogP contribution is -2.21. The maximum absolute atomic E-state index is 12.8. The van der Waals surface area contributed by atoms with Gasteiger partial charge in [0, 0.05) is 25.3 Å². The van der Waals surface area contributed by atoms with Crippen molar-refractivity contribution in [2.45, 2.75) is 76.4 Å². The number of hydrogen-bond acceptors (Lipinski definition) is 4. The third-order valence-corrected chi connectivity index (χ3v) is 6.18. The Kier molecular flexibility index (Phi) is 11.3. The lowest BCUT2D eigenvalue weighted by Gasteiger charge is -2.19. The second kappa shape index (κ2) is 13.7. The summed E-state index contributed by atoms with van der Waals surface area (Å²) < 4.78 is 38.5. The number of aryl methyl sites for hydroxylation is 1. The Morgan fingerprint density at radius 1 is 1.24 bits per heavy atom. The summed E-state index contributed by atoms with van der Waals surface area (Å²) in [6.45, 7) is 2.49. The van der Waals surface area contributed by atoms with Crippen LogP contribution in [0.1, 0.15) is 56.6 Å². The molecule has 0 bridgehead atoms. The van der Waals surface area contributed by atoms with E-state index in [0.29, 0.717) is 24.9 Å². The number of aliphatic hydroxyl groups excluding tert-OH is 3. The number of alkyl halides is 3. The highest BCUT2D eigenvalue weighted by Crippen LogP contribution is 2.36. The molecule has 0 radical (unpaired) electrons. The van der Waals surface area contributed by atoms with E-state index in [1.54, 1.807) is 18.2 Å². The monoisotopic (exact) mass is 483 g/mol. The largest absolute Gasteiger partial charge is 0.416 e. The van der Waals surface area contributed by atoms with Crippen LogP contribution < -0.4 is 5.32 Å². The Morgan fingerprint density at radius 3 is 2.71 bits per heavy atom. The number of nitrogens with one attached hydrogen (secondary N) is 1. The lowest BCUT2D eigenvalue weighted by molar-refractivity contribution is -0.137. The molecule has 0 unspecified atom stereocenters. The fourth-order valence-electron chi connectivity index (χ4n) is 4.31. The molecule has 1 aromatic rings. The second-order valence-corrected chi connectivity index (χ2v) is 8.85. The molecule has 0 saturated heterocycles. The first-order chi connectivity index (χ1) is 16.1.